The van der Waals surface area contributed by atoms with Gasteiger partial charge < -0.3 is 14.6 Å². The van der Waals surface area contributed by atoms with Gasteiger partial charge in [0.05, 0.1) is 30.3 Å². The molecule has 1 aliphatic rings. The number of aliphatic carboxylic acids is 1. The number of H-pyrrole nitrogens is 1. The van der Waals surface area contributed by atoms with Crippen molar-refractivity contribution in [1.29, 1.82) is 0 Å². The minimum absolute atomic E-state index is 0.141. The Hall–Kier alpha value is -3.61. The van der Waals surface area contributed by atoms with Crippen molar-refractivity contribution in [3.05, 3.63) is 48.2 Å². The first-order chi connectivity index (χ1) is 15.4. The molecule has 2 N–H and O–H groups in total. The standard InChI is InChI=1S/C25H25N3O4/c1-13(2)22-23(14-4-6-17(31-3)7-5-14)19-10-16-12-26-28-20(16)11-21(19)27-24(22)32-18-8-15(9-18)25(29)30/h4-7,10-13,15,18H,8-9H2,1-3H3,(H,26,28)(H,29,30). The van der Waals surface area contributed by atoms with Crippen molar-refractivity contribution in [2.75, 3.05) is 7.11 Å². The Balaban J connectivity index is 1.71. The molecule has 2 aromatic carbocycles. The smallest absolute Gasteiger partial charge is 0.306 e. The molecule has 2 heterocycles. The number of benzene rings is 2. The van der Waals surface area contributed by atoms with Gasteiger partial charge in [-0.15, -0.1) is 0 Å². The molecule has 7 nitrogen and oxygen atoms in total. The molecule has 0 spiro atoms. The Morgan fingerprint density at radius 2 is 1.94 bits per heavy atom. The van der Waals surface area contributed by atoms with E-state index in [1.807, 2.05) is 36.5 Å². The highest BCUT2D eigenvalue weighted by molar-refractivity contribution is 6.04. The maximum absolute atomic E-state index is 11.2. The molecule has 7 heteroatoms. The van der Waals surface area contributed by atoms with Crippen molar-refractivity contribution < 1.29 is 19.4 Å². The van der Waals surface area contributed by atoms with Crippen molar-refractivity contribution in [2.24, 2.45) is 5.92 Å². The van der Waals surface area contributed by atoms with Gasteiger partial charge in [-0.05, 0) is 54.2 Å². The number of carbonyl (C=O) groups is 1. The third-order valence-corrected chi connectivity index (χ3v) is 6.23. The highest BCUT2D eigenvalue weighted by atomic mass is 16.5. The van der Waals surface area contributed by atoms with E-state index in [9.17, 15) is 9.90 Å². The van der Waals surface area contributed by atoms with Crippen LogP contribution in [0.15, 0.2) is 42.6 Å². The lowest BCUT2D eigenvalue weighted by molar-refractivity contribution is -0.148. The van der Waals surface area contributed by atoms with Crippen molar-refractivity contribution in [3.63, 3.8) is 0 Å². The van der Waals surface area contributed by atoms with E-state index in [2.05, 4.69) is 30.1 Å². The third-order valence-electron chi connectivity index (χ3n) is 6.23. The Morgan fingerprint density at radius 3 is 2.59 bits per heavy atom. The van der Waals surface area contributed by atoms with Gasteiger partial charge in [-0.25, -0.2) is 4.98 Å². The number of aromatic nitrogens is 3. The fourth-order valence-corrected chi connectivity index (χ4v) is 4.41. The molecule has 164 valence electrons. The summed E-state index contributed by atoms with van der Waals surface area (Å²) in [6, 6.07) is 12.1. The monoisotopic (exact) mass is 431 g/mol. The van der Waals surface area contributed by atoms with Crippen LogP contribution in [0.2, 0.25) is 0 Å². The molecular formula is C25H25N3O4. The number of nitrogens with one attached hydrogen (secondary N) is 1. The maximum Gasteiger partial charge on any atom is 0.306 e. The van der Waals surface area contributed by atoms with Crippen LogP contribution < -0.4 is 9.47 Å². The second-order valence-electron chi connectivity index (χ2n) is 8.66. The SMILES string of the molecule is COc1ccc(-c2c(C(C)C)c(OC3CC(C(=O)O)C3)nc3cc4[nH]ncc4cc23)cc1. The van der Waals surface area contributed by atoms with Gasteiger partial charge in [0.25, 0.3) is 0 Å². The lowest BCUT2D eigenvalue weighted by atomic mass is 9.82. The summed E-state index contributed by atoms with van der Waals surface area (Å²) >= 11 is 0. The molecule has 5 rings (SSSR count). The lowest BCUT2D eigenvalue weighted by Crippen LogP contribution is -2.38. The van der Waals surface area contributed by atoms with E-state index < -0.39 is 5.97 Å². The molecule has 2 aromatic heterocycles. The topological polar surface area (TPSA) is 97.3 Å². The average Bonchev–Trinajstić information content (AvgIpc) is 3.20. The molecule has 1 aliphatic carbocycles. The van der Waals surface area contributed by atoms with Gasteiger partial charge in [-0.2, -0.15) is 5.10 Å². The van der Waals surface area contributed by atoms with Crippen LogP contribution in [0.4, 0.5) is 0 Å². The van der Waals surface area contributed by atoms with Crippen molar-refractivity contribution in [3.8, 4) is 22.8 Å². The van der Waals surface area contributed by atoms with E-state index in [0.29, 0.717) is 18.7 Å². The van der Waals surface area contributed by atoms with E-state index in [0.717, 1.165) is 44.2 Å². The van der Waals surface area contributed by atoms with Crippen LogP contribution in [-0.4, -0.2) is 39.5 Å². The summed E-state index contributed by atoms with van der Waals surface area (Å²) in [5.74, 6) is 0.413. The Bertz CT molecular complexity index is 1300. The number of aromatic amines is 1. The summed E-state index contributed by atoms with van der Waals surface area (Å²) < 4.78 is 11.7. The molecule has 0 bridgehead atoms. The first-order valence-electron chi connectivity index (χ1n) is 10.8. The number of ether oxygens (including phenoxy) is 2. The molecule has 0 radical (unpaired) electrons. The van der Waals surface area contributed by atoms with E-state index in [1.165, 1.54) is 0 Å². The summed E-state index contributed by atoms with van der Waals surface area (Å²) in [5, 5.41) is 18.4. The minimum Gasteiger partial charge on any atom is -0.497 e. The zero-order chi connectivity index (χ0) is 22.4. The van der Waals surface area contributed by atoms with Crippen LogP contribution in [0.1, 0.15) is 38.2 Å². The molecule has 1 saturated carbocycles. The molecule has 0 amide bonds. The van der Waals surface area contributed by atoms with Gasteiger partial charge in [0.2, 0.25) is 5.88 Å². The number of carboxylic acids is 1. The first kappa shape index (κ1) is 20.3. The highest BCUT2D eigenvalue weighted by Crippen LogP contribution is 2.43. The maximum atomic E-state index is 11.2. The van der Waals surface area contributed by atoms with Crippen LogP contribution in [-0.2, 0) is 4.79 Å². The summed E-state index contributed by atoms with van der Waals surface area (Å²) in [6.45, 7) is 4.25. The van der Waals surface area contributed by atoms with Gasteiger partial charge in [0.15, 0.2) is 0 Å². The molecule has 4 aromatic rings. The largest absolute Gasteiger partial charge is 0.497 e. The van der Waals surface area contributed by atoms with Gasteiger partial charge >= 0.3 is 5.97 Å². The van der Waals surface area contributed by atoms with Crippen LogP contribution in [0, 0.1) is 5.92 Å². The zero-order valence-corrected chi connectivity index (χ0v) is 18.3. The number of methoxy groups -OCH3 is 1. The number of nitrogens with zero attached hydrogens (tertiary/aromatic N) is 2. The number of rotatable bonds is 6. The number of hydrogen-bond donors (Lipinski definition) is 2. The van der Waals surface area contributed by atoms with Crippen molar-refractivity contribution >= 4 is 27.8 Å². The van der Waals surface area contributed by atoms with Crippen LogP contribution >= 0.6 is 0 Å². The molecule has 1 fully saturated rings. The fourth-order valence-electron chi connectivity index (χ4n) is 4.41. The number of pyridine rings is 1. The Labute approximate surface area is 185 Å². The average molecular weight is 431 g/mol. The van der Waals surface area contributed by atoms with Crippen LogP contribution in [0.25, 0.3) is 32.9 Å². The molecule has 0 atom stereocenters. The molecule has 0 saturated heterocycles. The van der Waals surface area contributed by atoms with Gasteiger partial charge in [0.1, 0.15) is 11.9 Å². The molecule has 0 unspecified atom stereocenters. The second kappa shape index (κ2) is 7.82. The summed E-state index contributed by atoms with van der Waals surface area (Å²) in [4.78, 5) is 16.1. The Kier molecular flexibility index (Phi) is 4.96. The summed E-state index contributed by atoms with van der Waals surface area (Å²) in [5.41, 5.74) is 4.85. The second-order valence-corrected chi connectivity index (χ2v) is 8.66. The number of hydrogen-bond acceptors (Lipinski definition) is 5. The van der Waals surface area contributed by atoms with Gasteiger partial charge in [-0.1, -0.05) is 26.0 Å². The molecular weight excluding hydrogens is 406 g/mol. The van der Waals surface area contributed by atoms with Crippen LogP contribution in [0.3, 0.4) is 0 Å². The van der Waals surface area contributed by atoms with E-state index in [-0.39, 0.29) is 17.9 Å². The summed E-state index contributed by atoms with van der Waals surface area (Å²) in [7, 11) is 1.65. The molecule has 0 aliphatic heterocycles. The number of fused-ring (bicyclic) bond motifs is 2. The first-order valence-corrected chi connectivity index (χ1v) is 10.8. The van der Waals surface area contributed by atoms with Crippen molar-refractivity contribution in [2.45, 2.75) is 38.7 Å². The van der Waals surface area contributed by atoms with Crippen LogP contribution in [0.5, 0.6) is 11.6 Å². The van der Waals surface area contributed by atoms with Crippen molar-refractivity contribution in [1.82, 2.24) is 15.2 Å². The predicted molar refractivity (Wildman–Crippen MR) is 122 cm³/mol. The minimum atomic E-state index is -0.763. The quantitative estimate of drug-likeness (QED) is 0.438. The van der Waals surface area contributed by atoms with E-state index in [4.69, 9.17) is 14.5 Å². The zero-order valence-electron chi connectivity index (χ0n) is 18.3. The number of carboxylic acid groups (broad SMARTS) is 1. The summed E-state index contributed by atoms with van der Waals surface area (Å²) in [6.07, 6.45) is 2.68. The Morgan fingerprint density at radius 1 is 1.19 bits per heavy atom. The highest BCUT2D eigenvalue weighted by Gasteiger charge is 2.37. The van der Waals surface area contributed by atoms with E-state index >= 15 is 0 Å². The van der Waals surface area contributed by atoms with Gasteiger partial charge in [0, 0.05) is 16.3 Å². The lowest BCUT2D eigenvalue weighted by Gasteiger charge is -2.33. The fraction of sp³-hybridized carbons (Fsp3) is 0.320. The van der Waals surface area contributed by atoms with E-state index in [1.54, 1.807) is 7.11 Å². The third kappa shape index (κ3) is 3.43. The van der Waals surface area contributed by atoms with Gasteiger partial charge in [-0.3, -0.25) is 9.89 Å². The predicted octanol–water partition coefficient (Wildman–Crippen LogP) is 5.15. The molecule has 32 heavy (non-hydrogen) atoms. The normalized spacial score (nSPS) is 18.1.